The Hall–Kier alpha value is -3.29. The summed E-state index contributed by atoms with van der Waals surface area (Å²) in [6.07, 6.45) is 1.61. The lowest BCUT2D eigenvalue weighted by molar-refractivity contribution is 0.425. The Morgan fingerprint density at radius 3 is 2.71 bits per heavy atom. The Bertz CT molecular complexity index is 1080. The van der Waals surface area contributed by atoms with Crippen LogP contribution in [0.1, 0.15) is 11.4 Å². The third-order valence-electron chi connectivity index (χ3n) is 3.60. The van der Waals surface area contributed by atoms with E-state index in [0.717, 1.165) is 5.56 Å². The summed E-state index contributed by atoms with van der Waals surface area (Å²) >= 11 is 0. The molecule has 8 heteroatoms. The summed E-state index contributed by atoms with van der Waals surface area (Å²) in [5.74, 6) is 0.584. The van der Waals surface area contributed by atoms with Gasteiger partial charge in [-0.3, -0.25) is 4.40 Å². The van der Waals surface area contributed by atoms with Crippen LogP contribution in [0.4, 0.5) is 4.39 Å². The molecule has 4 rings (SSSR count). The first kappa shape index (κ1) is 14.3. The van der Waals surface area contributed by atoms with Gasteiger partial charge in [-0.1, -0.05) is 17.3 Å². The molecule has 4 aromatic rings. The summed E-state index contributed by atoms with van der Waals surface area (Å²) in [5, 5.41) is 8.05. The lowest BCUT2D eigenvalue weighted by Crippen LogP contribution is -2.21. The van der Waals surface area contributed by atoms with Gasteiger partial charge in [0, 0.05) is 11.8 Å². The third-order valence-corrected chi connectivity index (χ3v) is 3.60. The second-order valence-electron chi connectivity index (χ2n) is 5.36. The summed E-state index contributed by atoms with van der Waals surface area (Å²) in [7, 11) is 0. The molecule has 3 heterocycles. The Kier molecular flexibility index (Phi) is 3.23. The second-order valence-corrected chi connectivity index (χ2v) is 5.36. The lowest BCUT2D eigenvalue weighted by Gasteiger charge is -1.99. The predicted octanol–water partition coefficient (Wildman–Crippen LogP) is 2.04. The van der Waals surface area contributed by atoms with E-state index in [2.05, 4.69) is 15.2 Å². The van der Waals surface area contributed by atoms with Crippen molar-refractivity contribution in [2.75, 3.05) is 0 Å². The van der Waals surface area contributed by atoms with E-state index in [1.807, 2.05) is 0 Å². The van der Waals surface area contributed by atoms with Crippen molar-refractivity contribution in [1.82, 2.24) is 24.3 Å². The van der Waals surface area contributed by atoms with Gasteiger partial charge < -0.3 is 4.52 Å². The van der Waals surface area contributed by atoms with Crippen LogP contribution in [0.3, 0.4) is 0 Å². The number of hydrogen-bond acceptors (Lipinski definition) is 5. The number of aryl methyl sites for hydroxylation is 1. The summed E-state index contributed by atoms with van der Waals surface area (Å²) in [4.78, 5) is 16.5. The lowest BCUT2D eigenvalue weighted by atomic mass is 10.2. The number of nitrogens with zero attached hydrogens (tertiary/aromatic N) is 5. The van der Waals surface area contributed by atoms with Gasteiger partial charge >= 0.3 is 5.69 Å². The predicted molar refractivity (Wildman–Crippen MR) is 83.0 cm³/mol. The first-order valence-electron chi connectivity index (χ1n) is 7.24. The van der Waals surface area contributed by atoms with E-state index in [9.17, 15) is 9.18 Å². The van der Waals surface area contributed by atoms with Crippen LogP contribution in [-0.4, -0.2) is 24.3 Å². The maximum Gasteiger partial charge on any atom is 0.350 e. The molecule has 0 fully saturated rings. The number of fused-ring (bicyclic) bond motifs is 1. The minimum absolute atomic E-state index is 0.260. The summed E-state index contributed by atoms with van der Waals surface area (Å²) < 4.78 is 20.8. The minimum atomic E-state index is -0.319. The maximum absolute atomic E-state index is 13.0. The average Bonchev–Trinajstić information content (AvgIpc) is 3.14. The fraction of sp³-hybridized carbons (Fsp3) is 0.125. The monoisotopic (exact) mass is 325 g/mol. The molecule has 0 bridgehead atoms. The van der Waals surface area contributed by atoms with Crippen LogP contribution in [0.5, 0.6) is 0 Å². The van der Waals surface area contributed by atoms with Crippen molar-refractivity contribution < 1.29 is 8.91 Å². The van der Waals surface area contributed by atoms with Crippen LogP contribution < -0.4 is 5.69 Å². The van der Waals surface area contributed by atoms with Gasteiger partial charge in [0.2, 0.25) is 0 Å². The van der Waals surface area contributed by atoms with E-state index < -0.39 is 0 Å². The highest BCUT2D eigenvalue weighted by Crippen LogP contribution is 2.17. The van der Waals surface area contributed by atoms with Crippen LogP contribution >= 0.6 is 0 Å². The quantitative estimate of drug-likeness (QED) is 0.576. The Labute approximate surface area is 135 Å². The molecule has 0 aliphatic carbocycles. The molecular weight excluding hydrogens is 313 g/mol. The molecule has 7 nitrogen and oxygen atoms in total. The average molecular weight is 325 g/mol. The van der Waals surface area contributed by atoms with Gasteiger partial charge in [-0.15, -0.1) is 5.10 Å². The molecule has 0 atom stereocenters. The summed E-state index contributed by atoms with van der Waals surface area (Å²) in [6.45, 7) is 1.99. The second kappa shape index (κ2) is 5.41. The highest BCUT2D eigenvalue weighted by atomic mass is 19.1. The number of pyridine rings is 1. The Balaban J connectivity index is 1.74. The fourth-order valence-corrected chi connectivity index (χ4v) is 2.43. The van der Waals surface area contributed by atoms with Crippen LogP contribution in [0.2, 0.25) is 0 Å². The van der Waals surface area contributed by atoms with Gasteiger partial charge in [-0.05, 0) is 36.8 Å². The minimum Gasteiger partial charge on any atom is -0.334 e. The van der Waals surface area contributed by atoms with Crippen molar-refractivity contribution in [2.24, 2.45) is 0 Å². The van der Waals surface area contributed by atoms with Gasteiger partial charge in [0.25, 0.3) is 5.89 Å². The van der Waals surface area contributed by atoms with Crippen LogP contribution in [-0.2, 0) is 6.54 Å². The van der Waals surface area contributed by atoms with E-state index in [1.54, 1.807) is 37.4 Å². The molecule has 0 aliphatic rings. The molecule has 0 N–H and O–H groups in total. The number of aromatic nitrogens is 5. The SMILES string of the molecule is Cc1noc(-c2ccn3c(=O)n(Cc4ccc(F)cc4)nc3c2)n1. The molecule has 1 aromatic carbocycles. The smallest absolute Gasteiger partial charge is 0.334 e. The van der Waals surface area contributed by atoms with Crippen molar-refractivity contribution in [1.29, 1.82) is 0 Å². The highest BCUT2D eigenvalue weighted by Gasteiger charge is 2.11. The van der Waals surface area contributed by atoms with E-state index in [0.29, 0.717) is 22.9 Å². The van der Waals surface area contributed by atoms with Crippen molar-refractivity contribution in [3.05, 3.63) is 70.3 Å². The number of benzene rings is 1. The molecular formula is C16H12FN5O2. The van der Waals surface area contributed by atoms with Crippen molar-refractivity contribution in [3.8, 4) is 11.5 Å². The molecule has 0 radical (unpaired) electrons. The van der Waals surface area contributed by atoms with E-state index >= 15 is 0 Å². The topological polar surface area (TPSA) is 78.2 Å². The fourth-order valence-electron chi connectivity index (χ4n) is 2.43. The summed E-state index contributed by atoms with van der Waals surface area (Å²) in [5.41, 5.74) is 1.66. The normalized spacial score (nSPS) is 11.2. The van der Waals surface area contributed by atoms with Crippen molar-refractivity contribution in [2.45, 2.75) is 13.5 Å². The number of hydrogen-bond donors (Lipinski definition) is 0. The van der Waals surface area contributed by atoms with E-state index in [-0.39, 0.29) is 18.1 Å². The first-order valence-corrected chi connectivity index (χ1v) is 7.24. The maximum atomic E-state index is 13.0. The highest BCUT2D eigenvalue weighted by molar-refractivity contribution is 5.59. The van der Waals surface area contributed by atoms with Crippen LogP contribution in [0, 0.1) is 12.7 Å². The van der Waals surface area contributed by atoms with E-state index in [1.165, 1.54) is 21.2 Å². The largest absolute Gasteiger partial charge is 0.350 e. The standard InChI is InChI=1S/C16H12FN5O2/c1-10-18-15(24-20-10)12-6-7-21-14(8-12)19-22(16(21)23)9-11-2-4-13(17)5-3-11/h2-8H,9H2,1H3. The molecule has 0 saturated heterocycles. The zero-order valence-corrected chi connectivity index (χ0v) is 12.7. The molecule has 24 heavy (non-hydrogen) atoms. The third kappa shape index (κ3) is 2.47. The Morgan fingerprint density at radius 1 is 1.21 bits per heavy atom. The molecule has 0 spiro atoms. The molecule has 120 valence electrons. The van der Waals surface area contributed by atoms with Gasteiger partial charge in [0.05, 0.1) is 6.54 Å². The molecule has 0 unspecified atom stereocenters. The summed E-state index contributed by atoms with van der Waals surface area (Å²) in [6, 6.07) is 9.37. The van der Waals surface area contributed by atoms with Crippen LogP contribution in [0.15, 0.2) is 51.9 Å². The molecule has 0 amide bonds. The van der Waals surface area contributed by atoms with E-state index in [4.69, 9.17) is 4.52 Å². The zero-order chi connectivity index (χ0) is 16.7. The molecule has 3 aromatic heterocycles. The van der Waals surface area contributed by atoms with Crippen LogP contribution in [0.25, 0.3) is 17.1 Å². The van der Waals surface area contributed by atoms with Gasteiger partial charge in [0.1, 0.15) is 5.82 Å². The van der Waals surface area contributed by atoms with Gasteiger partial charge in [-0.2, -0.15) is 4.98 Å². The Morgan fingerprint density at radius 2 is 2.00 bits per heavy atom. The zero-order valence-electron chi connectivity index (χ0n) is 12.7. The van der Waals surface area contributed by atoms with Gasteiger partial charge in [-0.25, -0.2) is 13.9 Å². The van der Waals surface area contributed by atoms with Crippen molar-refractivity contribution in [3.63, 3.8) is 0 Å². The van der Waals surface area contributed by atoms with Gasteiger partial charge in [0.15, 0.2) is 11.5 Å². The number of rotatable bonds is 3. The molecule has 0 saturated carbocycles. The van der Waals surface area contributed by atoms with Crippen molar-refractivity contribution >= 4 is 5.65 Å². The number of halogens is 1. The first-order chi connectivity index (χ1) is 11.6. The molecule has 0 aliphatic heterocycles.